The molecule has 0 heterocycles. The molecule has 3 rings (SSSR count). The van der Waals surface area contributed by atoms with Crippen LogP contribution in [0.4, 0.5) is 0 Å². The van der Waals surface area contributed by atoms with Gasteiger partial charge in [0, 0.05) is 0 Å². The van der Waals surface area contributed by atoms with Crippen molar-refractivity contribution in [2.75, 3.05) is 7.11 Å². The van der Waals surface area contributed by atoms with Crippen molar-refractivity contribution in [2.24, 2.45) is 0 Å². The predicted octanol–water partition coefficient (Wildman–Crippen LogP) is 5.92. The van der Waals surface area contributed by atoms with Gasteiger partial charge >= 0.3 is 5.97 Å². The lowest BCUT2D eigenvalue weighted by Gasteiger charge is -2.07. The van der Waals surface area contributed by atoms with E-state index in [1.165, 1.54) is 18.4 Å². The molecule has 138 valence electrons. The summed E-state index contributed by atoms with van der Waals surface area (Å²) in [7, 11) is 1.60. The van der Waals surface area contributed by atoms with Gasteiger partial charge in [0.25, 0.3) is 0 Å². The number of benzene rings is 3. The van der Waals surface area contributed by atoms with Gasteiger partial charge in [-0.1, -0.05) is 49.7 Å². The summed E-state index contributed by atoms with van der Waals surface area (Å²) in [6, 6.07) is 23.1. The zero-order valence-electron chi connectivity index (χ0n) is 15.8. The predicted molar refractivity (Wildman–Crippen MR) is 108 cm³/mol. The third kappa shape index (κ3) is 4.98. The summed E-state index contributed by atoms with van der Waals surface area (Å²) in [4.78, 5) is 12.3. The minimum atomic E-state index is -0.373. The number of hydrogen-bond donors (Lipinski definition) is 0. The SMILES string of the molecule is CCCCc1ccc(-c2ccc(C(=O)Oc3ccc(OC)cc3)cc2)cc1. The second kappa shape index (κ2) is 9.04. The summed E-state index contributed by atoms with van der Waals surface area (Å²) in [6.07, 6.45) is 3.53. The lowest BCUT2D eigenvalue weighted by atomic mass is 10.0. The van der Waals surface area contributed by atoms with E-state index < -0.39 is 0 Å². The zero-order chi connectivity index (χ0) is 19.1. The molecule has 0 saturated carbocycles. The monoisotopic (exact) mass is 360 g/mol. The molecule has 0 fully saturated rings. The summed E-state index contributed by atoms with van der Waals surface area (Å²) in [5.74, 6) is 0.842. The summed E-state index contributed by atoms with van der Waals surface area (Å²) < 4.78 is 10.5. The second-order valence-corrected chi connectivity index (χ2v) is 6.44. The number of rotatable bonds is 7. The topological polar surface area (TPSA) is 35.5 Å². The number of esters is 1. The molecule has 0 spiro atoms. The minimum absolute atomic E-state index is 0.373. The molecular weight excluding hydrogens is 336 g/mol. The lowest BCUT2D eigenvalue weighted by molar-refractivity contribution is 0.0734. The number of aryl methyl sites for hydroxylation is 1. The van der Waals surface area contributed by atoms with E-state index in [1.807, 2.05) is 12.1 Å². The average Bonchev–Trinajstić information content (AvgIpc) is 2.73. The van der Waals surface area contributed by atoms with Gasteiger partial charge in [-0.3, -0.25) is 0 Å². The van der Waals surface area contributed by atoms with Crippen LogP contribution in [0.1, 0.15) is 35.7 Å². The quantitative estimate of drug-likeness (QED) is 0.387. The van der Waals surface area contributed by atoms with Gasteiger partial charge < -0.3 is 9.47 Å². The maximum absolute atomic E-state index is 12.3. The molecule has 0 N–H and O–H groups in total. The van der Waals surface area contributed by atoms with Gasteiger partial charge in [-0.2, -0.15) is 0 Å². The first-order valence-corrected chi connectivity index (χ1v) is 9.25. The number of ether oxygens (including phenoxy) is 2. The highest BCUT2D eigenvalue weighted by molar-refractivity contribution is 5.91. The smallest absolute Gasteiger partial charge is 0.343 e. The van der Waals surface area contributed by atoms with Crippen LogP contribution < -0.4 is 9.47 Å². The van der Waals surface area contributed by atoms with Crippen LogP contribution in [-0.4, -0.2) is 13.1 Å². The standard InChI is InChI=1S/C24H24O3/c1-3-4-5-18-6-8-19(9-7-18)20-10-12-21(13-11-20)24(25)27-23-16-14-22(26-2)15-17-23/h6-17H,3-5H2,1-2H3. The molecule has 3 aromatic carbocycles. The van der Waals surface area contributed by atoms with E-state index in [-0.39, 0.29) is 5.97 Å². The van der Waals surface area contributed by atoms with Crippen LogP contribution in [0.15, 0.2) is 72.8 Å². The van der Waals surface area contributed by atoms with Crippen molar-refractivity contribution in [1.29, 1.82) is 0 Å². The first-order chi connectivity index (χ1) is 13.2. The molecule has 27 heavy (non-hydrogen) atoms. The number of carbonyl (C=O) groups is 1. The van der Waals surface area contributed by atoms with E-state index in [9.17, 15) is 4.79 Å². The van der Waals surface area contributed by atoms with Gasteiger partial charge in [0.2, 0.25) is 0 Å². The van der Waals surface area contributed by atoms with Gasteiger partial charge in [0.05, 0.1) is 12.7 Å². The molecule has 0 aliphatic carbocycles. The highest BCUT2D eigenvalue weighted by Crippen LogP contribution is 2.22. The molecule has 3 nitrogen and oxygen atoms in total. The fourth-order valence-electron chi connectivity index (χ4n) is 2.85. The highest BCUT2D eigenvalue weighted by atomic mass is 16.5. The summed E-state index contributed by atoms with van der Waals surface area (Å²) in [5, 5.41) is 0. The maximum Gasteiger partial charge on any atom is 0.343 e. The van der Waals surface area contributed by atoms with Crippen molar-refractivity contribution in [3.63, 3.8) is 0 Å². The van der Waals surface area contributed by atoms with Crippen LogP contribution in [0, 0.1) is 0 Å². The van der Waals surface area contributed by atoms with Crippen molar-refractivity contribution >= 4 is 5.97 Å². The fourth-order valence-corrected chi connectivity index (χ4v) is 2.85. The molecule has 0 aliphatic rings. The first kappa shape index (κ1) is 18.7. The molecular formula is C24H24O3. The third-order valence-electron chi connectivity index (χ3n) is 4.50. The van der Waals surface area contributed by atoms with E-state index in [4.69, 9.17) is 9.47 Å². The zero-order valence-corrected chi connectivity index (χ0v) is 15.8. The van der Waals surface area contributed by atoms with Crippen molar-refractivity contribution in [3.05, 3.63) is 83.9 Å². The second-order valence-electron chi connectivity index (χ2n) is 6.44. The molecule has 0 bridgehead atoms. The lowest BCUT2D eigenvalue weighted by Crippen LogP contribution is -2.08. The number of carbonyl (C=O) groups excluding carboxylic acids is 1. The van der Waals surface area contributed by atoms with Crippen molar-refractivity contribution in [1.82, 2.24) is 0 Å². The molecule has 3 heteroatoms. The summed E-state index contributed by atoms with van der Waals surface area (Å²) >= 11 is 0. The van der Waals surface area contributed by atoms with Crippen LogP contribution in [-0.2, 0) is 6.42 Å². The van der Waals surface area contributed by atoms with E-state index in [2.05, 4.69) is 31.2 Å². The molecule has 0 aliphatic heterocycles. The van der Waals surface area contributed by atoms with Crippen LogP contribution in [0.5, 0.6) is 11.5 Å². The average molecular weight is 360 g/mol. The van der Waals surface area contributed by atoms with E-state index in [0.29, 0.717) is 11.3 Å². The van der Waals surface area contributed by atoms with Gasteiger partial charge in [0.1, 0.15) is 11.5 Å². The Hall–Kier alpha value is -3.07. The first-order valence-electron chi connectivity index (χ1n) is 9.25. The third-order valence-corrected chi connectivity index (χ3v) is 4.50. The molecule has 0 saturated heterocycles. The highest BCUT2D eigenvalue weighted by Gasteiger charge is 2.09. The Morgan fingerprint density at radius 1 is 0.778 bits per heavy atom. The Morgan fingerprint density at radius 2 is 1.33 bits per heavy atom. The van der Waals surface area contributed by atoms with Gasteiger partial charge in [0.15, 0.2) is 0 Å². The fraction of sp³-hybridized carbons (Fsp3) is 0.208. The molecule has 0 atom stereocenters. The Kier molecular flexibility index (Phi) is 6.26. The molecule has 3 aromatic rings. The number of methoxy groups -OCH3 is 1. The van der Waals surface area contributed by atoms with Crippen molar-refractivity contribution < 1.29 is 14.3 Å². The normalized spacial score (nSPS) is 10.4. The summed E-state index contributed by atoms with van der Waals surface area (Å²) in [5.41, 5.74) is 4.11. The Morgan fingerprint density at radius 3 is 1.89 bits per heavy atom. The number of unbranched alkanes of at least 4 members (excludes halogenated alkanes) is 1. The Bertz CT molecular complexity index is 863. The van der Waals surface area contributed by atoms with Gasteiger partial charge in [-0.05, 0) is 65.9 Å². The molecule has 0 aromatic heterocycles. The van der Waals surface area contributed by atoms with Gasteiger partial charge in [-0.15, -0.1) is 0 Å². The van der Waals surface area contributed by atoms with E-state index >= 15 is 0 Å². The summed E-state index contributed by atoms with van der Waals surface area (Å²) in [6.45, 7) is 2.20. The van der Waals surface area contributed by atoms with Gasteiger partial charge in [-0.25, -0.2) is 4.79 Å². The maximum atomic E-state index is 12.3. The molecule has 0 amide bonds. The van der Waals surface area contributed by atoms with Crippen LogP contribution >= 0.6 is 0 Å². The minimum Gasteiger partial charge on any atom is -0.497 e. The largest absolute Gasteiger partial charge is 0.497 e. The number of hydrogen-bond acceptors (Lipinski definition) is 3. The Labute approximate surface area is 160 Å². The van der Waals surface area contributed by atoms with E-state index in [0.717, 1.165) is 23.3 Å². The van der Waals surface area contributed by atoms with Crippen LogP contribution in [0.2, 0.25) is 0 Å². The van der Waals surface area contributed by atoms with Crippen molar-refractivity contribution in [2.45, 2.75) is 26.2 Å². The molecule has 0 unspecified atom stereocenters. The van der Waals surface area contributed by atoms with E-state index in [1.54, 1.807) is 43.5 Å². The van der Waals surface area contributed by atoms with Crippen LogP contribution in [0.3, 0.4) is 0 Å². The molecule has 0 radical (unpaired) electrons. The van der Waals surface area contributed by atoms with Crippen molar-refractivity contribution in [3.8, 4) is 22.6 Å². The Balaban J connectivity index is 1.66. The van der Waals surface area contributed by atoms with Crippen LogP contribution in [0.25, 0.3) is 11.1 Å².